The van der Waals surface area contributed by atoms with E-state index in [2.05, 4.69) is 0 Å². The maximum absolute atomic E-state index is 12.9. The molecular weight excluding hydrogens is 332 g/mol. The van der Waals surface area contributed by atoms with E-state index in [1.807, 2.05) is 30.3 Å². The average molecular weight is 352 g/mol. The van der Waals surface area contributed by atoms with Gasteiger partial charge in [-0.25, -0.2) is 0 Å². The predicted octanol–water partition coefficient (Wildman–Crippen LogP) is 1.34. The van der Waals surface area contributed by atoms with Gasteiger partial charge in [-0.3, -0.25) is 19.3 Å². The lowest BCUT2D eigenvalue weighted by atomic mass is 10.0. The molecule has 2 aromatic rings. The lowest BCUT2D eigenvalue weighted by Gasteiger charge is -2.29. The number of carbonyl (C=O) groups is 3. The Labute approximate surface area is 151 Å². The molecule has 26 heavy (non-hydrogen) atoms. The van der Waals surface area contributed by atoms with Crippen molar-refractivity contribution in [3.8, 4) is 0 Å². The van der Waals surface area contributed by atoms with Crippen molar-refractivity contribution in [3.63, 3.8) is 0 Å². The zero-order valence-corrected chi connectivity index (χ0v) is 14.5. The summed E-state index contributed by atoms with van der Waals surface area (Å²) in [4.78, 5) is 40.9. The third-order valence-corrected chi connectivity index (χ3v) is 4.51. The molecule has 0 spiro atoms. The number of imide groups is 1. The molecule has 1 aliphatic heterocycles. The van der Waals surface area contributed by atoms with Crippen LogP contribution < -0.4 is 0 Å². The number of likely N-dealkylation sites (N-methyl/N-ethyl adjacent to an activating group) is 1. The minimum absolute atomic E-state index is 0.132. The molecule has 3 amide bonds. The molecular formula is C20H20N2O4. The Kier molecular flexibility index (Phi) is 5.14. The van der Waals surface area contributed by atoms with Crippen molar-refractivity contribution in [1.82, 2.24) is 9.80 Å². The number of fused-ring (bicyclic) bond motifs is 1. The SMILES string of the molecule is CN(CCO)C(=O)C(Cc1ccccc1)N1C(=O)c2ccccc2C1=O. The summed E-state index contributed by atoms with van der Waals surface area (Å²) < 4.78 is 0. The fourth-order valence-corrected chi connectivity index (χ4v) is 3.13. The highest BCUT2D eigenvalue weighted by atomic mass is 16.3. The van der Waals surface area contributed by atoms with E-state index in [1.165, 1.54) is 4.90 Å². The van der Waals surface area contributed by atoms with Gasteiger partial charge in [-0.15, -0.1) is 0 Å². The zero-order valence-electron chi connectivity index (χ0n) is 14.5. The molecule has 3 rings (SSSR count). The van der Waals surface area contributed by atoms with Crippen molar-refractivity contribution in [1.29, 1.82) is 0 Å². The van der Waals surface area contributed by atoms with Crippen molar-refractivity contribution < 1.29 is 19.5 Å². The van der Waals surface area contributed by atoms with Crippen LogP contribution in [0.4, 0.5) is 0 Å². The molecule has 1 N–H and O–H groups in total. The number of nitrogens with zero attached hydrogens (tertiary/aromatic N) is 2. The summed E-state index contributed by atoms with van der Waals surface area (Å²) in [5.41, 5.74) is 1.47. The zero-order chi connectivity index (χ0) is 18.7. The van der Waals surface area contributed by atoms with Crippen molar-refractivity contribution >= 4 is 17.7 Å². The van der Waals surface area contributed by atoms with Crippen LogP contribution in [-0.4, -0.2) is 58.9 Å². The number of amides is 3. The van der Waals surface area contributed by atoms with E-state index in [-0.39, 0.29) is 25.5 Å². The van der Waals surface area contributed by atoms with Gasteiger partial charge in [0.05, 0.1) is 17.7 Å². The lowest BCUT2D eigenvalue weighted by molar-refractivity contribution is -0.134. The average Bonchev–Trinajstić information content (AvgIpc) is 2.91. The second kappa shape index (κ2) is 7.49. The standard InChI is InChI=1S/C20H20N2O4/c1-21(11-12-23)20(26)17(13-14-7-3-2-4-8-14)22-18(24)15-9-5-6-10-16(15)19(22)25/h2-10,17,23H,11-13H2,1H3. The summed E-state index contributed by atoms with van der Waals surface area (Å²) in [6, 6.07) is 14.9. The Balaban J connectivity index is 1.97. The Morgan fingerprint density at radius 3 is 2.08 bits per heavy atom. The molecule has 0 aliphatic carbocycles. The molecule has 1 atom stereocenters. The van der Waals surface area contributed by atoms with Gasteiger partial charge in [0, 0.05) is 20.0 Å². The molecule has 0 saturated heterocycles. The van der Waals surface area contributed by atoms with E-state index in [0.717, 1.165) is 10.5 Å². The number of hydrogen-bond donors (Lipinski definition) is 1. The Hall–Kier alpha value is -2.99. The molecule has 1 heterocycles. The molecule has 6 heteroatoms. The number of hydrogen-bond acceptors (Lipinski definition) is 4. The molecule has 0 aromatic heterocycles. The molecule has 0 fully saturated rings. The van der Waals surface area contributed by atoms with Crippen LogP contribution in [0.3, 0.4) is 0 Å². The fourth-order valence-electron chi connectivity index (χ4n) is 3.13. The molecule has 134 valence electrons. The second-order valence-corrected chi connectivity index (χ2v) is 6.21. The number of aliphatic hydroxyl groups is 1. The van der Waals surface area contributed by atoms with Gasteiger partial charge in [0.25, 0.3) is 11.8 Å². The molecule has 1 aliphatic rings. The molecule has 1 unspecified atom stereocenters. The highest BCUT2D eigenvalue weighted by Crippen LogP contribution is 2.26. The molecule has 2 aromatic carbocycles. The first-order valence-electron chi connectivity index (χ1n) is 8.41. The van der Waals surface area contributed by atoms with Crippen molar-refractivity contribution in [2.45, 2.75) is 12.5 Å². The molecule has 0 saturated carbocycles. The summed E-state index contributed by atoms with van der Waals surface area (Å²) in [6.45, 7) is -0.0598. The third-order valence-electron chi connectivity index (χ3n) is 4.51. The Morgan fingerprint density at radius 2 is 1.54 bits per heavy atom. The summed E-state index contributed by atoms with van der Waals surface area (Å²) in [5, 5.41) is 9.13. The van der Waals surface area contributed by atoms with Crippen LogP contribution in [0.25, 0.3) is 0 Å². The minimum atomic E-state index is -0.957. The lowest BCUT2D eigenvalue weighted by Crippen LogP contribution is -2.51. The maximum Gasteiger partial charge on any atom is 0.262 e. The topological polar surface area (TPSA) is 77.9 Å². The highest BCUT2D eigenvalue weighted by Gasteiger charge is 2.43. The van der Waals surface area contributed by atoms with Crippen LogP contribution in [-0.2, 0) is 11.2 Å². The first-order chi connectivity index (χ1) is 12.5. The van der Waals surface area contributed by atoms with E-state index in [9.17, 15) is 14.4 Å². The third kappa shape index (κ3) is 3.23. The van der Waals surface area contributed by atoms with Crippen LogP contribution in [0.5, 0.6) is 0 Å². The van der Waals surface area contributed by atoms with Gasteiger partial charge >= 0.3 is 0 Å². The summed E-state index contributed by atoms with van der Waals surface area (Å²) in [7, 11) is 1.55. The van der Waals surface area contributed by atoms with Crippen LogP contribution in [0.2, 0.25) is 0 Å². The minimum Gasteiger partial charge on any atom is -0.395 e. The number of carbonyl (C=O) groups excluding carboxylic acids is 3. The van der Waals surface area contributed by atoms with E-state index in [1.54, 1.807) is 31.3 Å². The normalized spacial score (nSPS) is 14.3. The van der Waals surface area contributed by atoms with Gasteiger partial charge in [0.2, 0.25) is 5.91 Å². The summed E-state index contributed by atoms with van der Waals surface area (Å²) in [6.07, 6.45) is 0.223. The molecule has 6 nitrogen and oxygen atoms in total. The van der Waals surface area contributed by atoms with Gasteiger partial charge < -0.3 is 10.0 Å². The van der Waals surface area contributed by atoms with Gasteiger partial charge in [0.15, 0.2) is 0 Å². The number of aliphatic hydroxyl groups excluding tert-OH is 1. The van der Waals surface area contributed by atoms with Crippen LogP contribution >= 0.6 is 0 Å². The van der Waals surface area contributed by atoms with Crippen molar-refractivity contribution in [2.75, 3.05) is 20.2 Å². The van der Waals surface area contributed by atoms with E-state index in [0.29, 0.717) is 11.1 Å². The summed E-state index contributed by atoms with van der Waals surface area (Å²) >= 11 is 0. The van der Waals surface area contributed by atoms with Gasteiger partial charge in [0.1, 0.15) is 6.04 Å². The van der Waals surface area contributed by atoms with E-state index < -0.39 is 17.9 Å². The number of benzene rings is 2. The Morgan fingerprint density at radius 1 is 1.00 bits per heavy atom. The van der Waals surface area contributed by atoms with E-state index >= 15 is 0 Å². The fraction of sp³-hybridized carbons (Fsp3) is 0.250. The van der Waals surface area contributed by atoms with E-state index in [4.69, 9.17) is 5.11 Å². The second-order valence-electron chi connectivity index (χ2n) is 6.21. The van der Waals surface area contributed by atoms with Crippen molar-refractivity contribution in [3.05, 3.63) is 71.3 Å². The van der Waals surface area contributed by atoms with Gasteiger partial charge in [-0.05, 0) is 17.7 Å². The van der Waals surface area contributed by atoms with Crippen LogP contribution in [0.1, 0.15) is 26.3 Å². The highest BCUT2D eigenvalue weighted by molar-refractivity contribution is 6.22. The quantitative estimate of drug-likeness (QED) is 0.796. The monoisotopic (exact) mass is 352 g/mol. The maximum atomic E-state index is 12.9. The summed E-state index contributed by atoms with van der Waals surface area (Å²) in [5.74, 6) is -1.30. The van der Waals surface area contributed by atoms with Crippen LogP contribution in [0.15, 0.2) is 54.6 Å². The first-order valence-corrected chi connectivity index (χ1v) is 8.41. The Bertz CT molecular complexity index is 800. The molecule has 0 radical (unpaired) electrons. The largest absolute Gasteiger partial charge is 0.395 e. The van der Waals surface area contributed by atoms with Gasteiger partial charge in [-0.1, -0.05) is 42.5 Å². The number of rotatable bonds is 6. The smallest absolute Gasteiger partial charge is 0.262 e. The van der Waals surface area contributed by atoms with Crippen molar-refractivity contribution in [2.24, 2.45) is 0 Å². The first kappa shape index (κ1) is 17.8. The van der Waals surface area contributed by atoms with Crippen LogP contribution in [0, 0.1) is 0 Å². The van der Waals surface area contributed by atoms with Gasteiger partial charge in [-0.2, -0.15) is 0 Å². The predicted molar refractivity (Wildman–Crippen MR) is 95.6 cm³/mol. The molecule has 0 bridgehead atoms.